The van der Waals surface area contributed by atoms with Crippen molar-refractivity contribution in [2.45, 2.75) is 32.7 Å². The predicted molar refractivity (Wildman–Crippen MR) is 57.6 cm³/mol. The van der Waals surface area contributed by atoms with Crippen LogP contribution in [-0.2, 0) is 0 Å². The van der Waals surface area contributed by atoms with Crippen molar-refractivity contribution in [3.63, 3.8) is 0 Å². The molecule has 0 saturated carbocycles. The van der Waals surface area contributed by atoms with Gasteiger partial charge in [-0.2, -0.15) is 10.1 Å². The Bertz CT molecular complexity index is 474. The second kappa shape index (κ2) is 3.58. The van der Waals surface area contributed by atoms with Crippen molar-refractivity contribution in [3.05, 3.63) is 23.8 Å². The summed E-state index contributed by atoms with van der Waals surface area (Å²) in [5.41, 5.74) is 7.90. The molecule has 5 nitrogen and oxygen atoms in total. The van der Waals surface area contributed by atoms with Crippen LogP contribution < -0.4 is 5.73 Å². The van der Waals surface area contributed by atoms with E-state index in [2.05, 4.69) is 22.0 Å². The van der Waals surface area contributed by atoms with Crippen LogP contribution in [0.2, 0.25) is 0 Å². The highest BCUT2D eigenvalue weighted by molar-refractivity contribution is 5.31. The fourth-order valence-electron chi connectivity index (χ4n) is 1.55. The third-order valence-corrected chi connectivity index (χ3v) is 2.66. The zero-order valence-electron chi connectivity index (χ0n) is 9.18. The summed E-state index contributed by atoms with van der Waals surface area (Å²) in [6, 6.07) is 2.09. The SMILES string of the molecule is Cc1cc(C(C)C(C)N)n2ncnc2n1. The molecule has 0 saturated heterocycles. The van der Waals surface area contributed by atoms with Gasteiger partial charge in [0.25, 0.3) is 5.78 Å². The van der Waals surface area contributed by atoms with Crippen molar-refractivity contribution in [2.24, 2.45) is 5.73 Å². The molecule has 2 N–H and O–H groups in total. The maximum absolute atomic E-state index is 5.90. The summed E-state index contributed by atoms with van der Waals surface area (Å²) in [4.78, 5) is 8.37. The molecule has 0 radical (unpaired) electrons. The Labute approximate surface area is 88.3 Å². The number of aromatic nitrogens is 4. The minimum absolute atomic E-state index is 0.0826. The van der Waals surface area contributed by atoms with Crippen LogP contribution in [0.4, 0.5) is 0 Å². The van der Waals surface area contributed by atoms with Gasteiger partial charge in [0.1, 0.15) is 6.33 Å². The van der Waals surface area contributed by atoms with E-state index in [4.69, 9.17) is 5.73 Å². The van der Waals surface area contributed by atoms with Crippen LogP contribution in [0.25, 0.3) is 5.78 Å². The van der Waals surface area contributed by atoms with Gasteiger partial charge in [-0.15, -0.1) is 0 Å². The highest BCUT2D eigenvalue weighted by Gasteiger charge is 2.15. The minimum Gasteiger partial charge on any atom is -0.327 e. The van der Waals surface area contributed by atoms with Crippen LogP contribution in [0, 0.1) is 6.92 Å². The van der Waals surface area contributed by atoms with Crippen molar-refractivity contribution in [3.8, 4) is 0 Å². The second-order valence-electron chi connectivity index (χ2n) is 3.94. The smallest absolute Gasteiger partial charge is 0.252 e. The number of fused-ring (bicyclic) bond motifs is 1. The third kappa shape index (κ3) is 1.70. The maximum Gasteiger partial charge on any atom is 0.252 e. The van der Waals surface area contributed by atoms with Crippen LogP contribution >= 0.6 is 0 Å². The van der Waals surface area contributed by atoms with E-state index in [1.165, 1.54) is 6.33 Å². The van der Waals surface area contributed by atoms with Crippen LogP contribution in [0.5, 0.6) is 0 Å². The Balaban J connectivity index is 2.62. The van der Waals surface area contributed by atoms with Gasteiger partial charge in [0.05, 0.1) is 5.69 Å². The molecule has 2 heterocycles. The van der Waals surface area contributed by atoms with Gasteiger partial charge < -0.3 is 5.73 Å². The van der Waals surface area contributed by atoms with Crippen molar-refractivity contribution in [1.29, 1.82) is 0 Å². The van der Waals surface area contributed by atoms with Gasteiger partial charge in [0.15, 0.2) is 0 Å². The van der Waals surface area contributed by atoms with Gasteiger partial charge in [-0.3, -0.25) is 0 Å². The fraction of sp³-hybridized carbons (Fsp3) is 0.500. The van der Waals surface area contributed by atoms with Gasteiger partial charge in [0, 0.05) is 17.7 Å². The Kier molecular flexibility index (Phi) is 2.40. The molecule has 0 bridgehead atoms. The first-order chi connectivity index (χ1) is 7.09. The summed E-state index contributed by atoms with van der Waals surface area (Å²) in [7, 11) is 0. The Morgan fingerprint density at radius 1 is 1.40 bits per heavy atom. The van der Waals surface area contributed by atoms with E-state index in [0.29, 0.717) is 5.78 Å². The first-order valence-electron chi connectivity index (χ1n) is 5.02. The summed E-state index contributed by atoms with van der Waals surface area (Å²) >= 11 is 0. The monoisotopic (exact) mass is 205 g/mol. The lowest BCUT2D eigenvalue weighted by atomic mass is 10.00. The van der Waals surface area contributed by atoms with Crippen LogP contribution in [0.3, 0.4) is 0 Å². The topological polar surface area (TPSA) is 69.1 Å². The summed E-state index contributed by atoms with van der Waals surface area (Å²) in [5, 5.41) is 4.15. The zero-order valence-corrected chi connectivity index (χ0v) is 9.18. The average Bonchev–Trinajstić information content (AvgIpc) is 2.62. The number of rotatable bonds is 2. The third-order valence-electron chi connectivity index (χ3n) is 2.66. The molecule has 0 aliphatic carbocycles. The van der Waals surface area contributed by atoms with Gasteiger partial charge in [-0.25, -0.2) is 9.50 Å². The Morgan fingerprint density at radius 2 is 2.13 bits per heavy atom. The van der Waals surface area contributed by atoms with Crippen molar-refractivity contribution in [1.82, 2.24) is 19.6 Å². The van der Waals surface area contributed by atoms with Crippen LogP contribution in [0.15, 0.2) is 12.4 Å². The quantitative estimate of drug-likeness (QED) is 0.790. The Morgan fingerprint density at radius 3 is 2.80 bits per heavy atom. The van der Waals surface area contributed by atoms with Gasteiger partial charge >= 0.3 is 0 Å². The lowest BCUT2D eigenvalue weighted by Crippen LogP contribution is -2.24. The predicted octanol–water partition coefficient (Wildman–Crippen LogP) is 0.883. The van der Waals surface area contributed by atoms with E-state index in [1.54, 1.807) is 4.52 Å². The molecule has 2 aromatic heterocycles. The number of hydrogen-bond donors (Lipinski definition) is 1. The number of nitrogens with zero attached hydrogens (tertiary/aromatic N) is 4. The largest absolute Gasteiger partial charge is 0.327 e. The average molecular weight is 205 g/mol. The molecule has 0 aliphatic heterocycles. The highest BCUT2D eigenvalue weighted by Crippen LogP contribution is 2.18. The lowest BCUT2D eigenvalue weighted by Gasteiger charge is -2.16. The molecule has 0 amide bonds. The minimum atomic E-state index is 0.0826. The van der Waals surface area contributed by atoms with Crippen LogP contribution in [-0.4, -0.2) is 25.6 Å². The van der Waals surface area contributed by atoms with Crippen molar-refractivity contribution >= 4 is 5.78 Å². The molecule has 0 aliphatic rings. The lowest BCUT2D eigenvalue weighted by molar-refractivity contribution is 0.579. The molecule has 2 aromatic rings. The summed E-state index contributed by atoms with van der Waals surface area (Å²) < 4.78 is 1.75. The number of hydrogen-bond acceptors (Lipinski definition) is 4. The maximum atomic E-state index is 5.90. The molecule has 80 valence electrons. The molecule has 15 heavy (non-hydrogen) atoms. The zero-order chi connectivity index (χ0) is 11.0. The Hall–Kier alpha value is -1.49. The summed E-state index contributed by atoms with van der Waals surface area (Å²) in [5.74, 6) is 0.869. The normalized spacial score (nSPS) is 15.5. The molecule has 2 unspecified atom stereocenters. The fourth-order valence-corrected chi connectivity index (χ4v) is 1.55. The number of aryl methyl sites for hydroxylation is 1. The van der Waals surface area contributed by atoms with E-state index in [9.17, 15) is 0 Å². The molecule has 0 fully saturated rings. The molecular formula is C10H15N5. The van der Waals surface area contributed by atoms with E-state index in [1.807, 2.05) is 19.9 Å². The highest BCUT2D eigenvalue weighted by atomic mass is 15.3. The van der Waals surface area contributed by atoms with Gasteiger partial charge in [0.2, 0.25) is 0 Å². The first-order valence-corrected chi connectivity index (χ1v) is 5.02. The molecule has 2 rings (SSSR count). The standard InChI is InChI=1S/C10H15N5/c1-6-4-9(7(2)8(3)11)15-10(14-6)12-5-13-15/h4-5,7-8H,11H2,1-3H3. The van der Waals surface area contributed by atoms with E-state index in [0.717, 1.165) is 11.4 Å². The van der Waals surface area contributed by atoms with E-state index in [-0.39, 0.29) is 12.0 Å². The van der Waals surface area contributed by atoms with Crippen LogP contribution in [0.1, 0.15) is 31.2 Å². The molecule has 0 spiro atoms. The molecule has 0 aromatic carbocycles. The van der Waals surface area contributed by atoms with Gasteiger partial charge in [-0.1, -0.05) is 6.92 Å². The summed E-state index contributed by atoms with van der Waals surface area (Å²) in [6.45, 7) is 6.02. The van der Waals surface area contributed by atoms with Crippen molar-refractivity contribution in [2.75, 3.05) is 0 Å². The summed E-state index contributed by atoms with van der Waals surface area (Å²) in [6.07, 6.45) is 1.51. The molecule has 2 atom stereocenters. The number of nitrogens with two attached hydrogens (primary N) is 1. The van der Waals surface area contributed by atoms with Gasteiger partial charge in [-0.05, 0) is 19.9 Å². The second-order valence-corrected chi connectivity index (χ2v) is 3.94. The van der Waals surface area contributed by atoms with Crippen molar-refractivity contribution < 1.29 is 0 Å². The molecule has 5 heteroatoms. The molecular weight excluding hydrogens is 190 g/mol. The van der Waals surface area contributed by atoms with E-state index < -0.39 is 0 Å². The first kappa shape index (κ1) is 10.0. The van der Waals surface area contributed by atoms with E-state index >= 15 is 0 Å².